The highest BCUT2D eigenvalue weighted by Gasteiger charge is 2.34. The zero-order chi connectivity index (χ0) is 22.5. The second kappa shape index (κ2) is 10.4. The van der Waals surface area contributed by atoms with Gasteiger partial charge in [0, 0.05) is 25.6 Å². The number of hydrogen-bond donors (Lipinski definition) is 2. The number of nitrogens with one attached hydrogen (secondary N) is 2. The summed E-state index contributed by atoms with van der Waals surface area (Å²) in [5.74, 6) is -0.360. The second-order valence-electron chi connectivity index (χ2n) is 8.86. The minimum Gasteiger partial charge on any atom is -0.354 e. The van der Waals surface area contributed by atoms with E-state index in [1.807, 2.05) is 34.6 Å². The molecule has 0 aromatic heterocycles. The molecule has 1 saturated heterocycles. The smallest absolute Gasteiger partial charge is 0.243 e. The first-order valence-corrected chi connectivity index (χ1v) is 12.1. The topological polar surface area (TPSA) is 95.6 Å². The van der Waals surface area contributed by atoms with Crippen molar-refractivity contribution in [3.63, 3.8) is 0 Å². The van der Waals surface area contributed by atoms with Crippen LogP contribution in [0.4, 0.5) is 0 Å². The molecule has 2 N–H and O–H groups in total. The van der Waals surface area contributed by atoms with Crippen LogP contribution in [-0.4, -0.2) is 50.2 Å². The van der Waals surface area contributed by atoms with E-state index >= 15 is 0 Å². The molecule has 1 atom stereocenters. The molecule has 7 nitrogen and oxygen atoms in total. The Bertz CT molecular complexity index is 826. The predicted molar refractivity (Wildman–Crippen MR) is 117 cm³/mol. The summed E-state index contributed by atoms with van der Waals surface area (Å²) in [7, 11) is -3.56. The lowest BCUT2D eigenvalue weighted by Crippen LogP contribution is -2.53. The number of aryl methyl sites for hydroxylation is 1. The maximum Gasteiger partial charge on any atom is 0.243 e. The number of sulfonamides is 1. The Labute approximate surface area is 180 Å². The average Bonchev–Trinajstić information content (AvgIpc) is 2.70. The number of nitrogens with zero attached hydrogens (tertiary/aromatic N) is 1. The Morgan fingerprint density at radius 2 is 1.63 bits per heavy atom. The first kappa shape index (κ1) is 24.3. The van der Waals surface area contributed by atoms with Gasteiger partial charge in [0.2, 0.25) is 21.8 Å². The summed E-state index contributed by atoms with van der Waals surface area (Å²) < 4.78 is 27.1. The quantitative estimate of drug-likeness (QED) is 0.652. The van der Waals surface area contributed by atoms with Gasteiger partial charge in [-0.1, -0.05) is 45.4 Å². The van der Waals surface area contributed by atoms with Crippen LogP contribution in [0.5, 0.6) is 0 Å². The molecule has 1 fully saturated rings. The fourth-order valence-corrected chi connectivity index (χ4v) is 4.91. The van der Waals surface area contributed by atoms with Crippen LogP contribution >= 0.6 is 0 Å². The third-order valence-corrected chi connectivity index (χ3v) is 7.33. The Hall–Kier alpha value is -1.93. The lowest BCUT2D eigenvalue weighted by molar-refractivity contribution is -0.132. The van der Waals surface area contributed by atoms with E-state index in [2.05, 4.69) is 10.6 Å². The molecule has 1 aromatic carbocycles. The van der Waals surface area contributed by atoms with Crippen molar-refractivity contribution in [2.24, 2.45) is 17.8 Å². The number of carbonyl (C=O) groups is 2. The van der Waals surface area contributed by atoms with Gasteiger partial charge in [0.1, 0.15) is 6.04 Å². The van der Waals surface area contributed by atoms with Crippen molar-refractivity contribution >= 4 is 21.8 Å². The van der Waals surface area contributed by atoms with Gasteiger partial charge in [0.25, 0.3) is 0 Å². The molecule has 1 unspecified atom stereocenters. The Morgan fingerprint density at radius 1 is 1.07 bits per heavy atom. The van der Waals surface area contributed by atoms with E-state index < -0.39 is 16.1 Å². The summed E-state index contributed by atoms with van der Waals surface area (Å²) in [6.07, 6.45) is 0.880. The summed E-state index contributed by atoms with van der Waals surface area (Å²) in [4.78, 5) is 25.5. The van der Waals surface area contributed by atoms with E-state index in [9.17, 15) is 18.0 Å². The molecule has 168 valence electrons. The molecular formula is C22H35N3O4S. The van der Waals surface area contributed by atoms with Gasteiger partial charge in [0.05, 0.1) is 4.90 Å². The van der Waals surface area contributed by atoms with Crippen molar-refractivity contribution in [3.05, 3.63) is 29.8 Å². The molecular weight excluding hydrogens is 402 g/mol. The van der Waals surface area contributed by atoms with Crippen LogP contribution in [0.1, 0.15) is 46.1 Å². The number of rotatable bonds is 8. The minimum absolute atomic E-state index is 0.0388. The van der Waals surface area contributed by atoms with Crippen LogP contribution in [0.25, 0.3) is 0 Å². The van der Waals surface area contributed by atoms with Crippen LogP contribution in [0.15, 0.2) is 29.2 Å². The number of hydrogen-bond acceptors (Lipinski definition) is 4. The van der Waals surface area contributed by atoms with Gasteiger partial charge in [-0.3, -0.25) is 9.59 Å². The van der Waals surface area contributed by atoms with E-state index in [0.29, 0.717) is 38.4 Å². The van der Waals surface area contributed by atoms with E-state index in [0.717, 1.165) is 5.56 Å². The number of piperidine rings is 1. The Balaban J connectivity index is 1.95. The SMILES string of the molecule is Cc1ccc(S(=O)(=O)N2CCC(C(=O)NC(C(=O)NCC(C)C)C(C)C)CC2)cc1. The van der Waals surface area contributed by atoms with Crippen LogP contribution in [0.3, 0.4) is 0 Å². The highest BCUT2D eigenvalue weighted by Crippen LogP contribution is 2.24. The third kappa shape index (κ3) is 6.28. The van der Waals surface area contributed by atoms with E-state index in [-0.39, 0.29) is 28.5 Å². The molecule has 0 saturated carbocycles. The fourth-order valence-electron chi connectivity index (χ4n) is 3.44. The van der Waals surface area contributed by atoms with Crippen LogP contribution in [-0.2, 0) is 19.6 Å². The standard InChI is InChI=1S/C22H35N3O4S/c1-15(2)14-23-22(27)20(16(3)4)24-21(26)18-10-12-25(13-11-18)30(28,29)19-8-6-17(5)7-9-19/h6-9,15-16,18,20H,10-14H2,1-5H3,(H,23,27)(H,24,26). The zero-order valence-corrected chi connectivity index (χ0v) is 19.5. The molecule has 2 rings (SSSR count). The monoisotopic (exact) mass is 437 g/mol. The third-order valence-electron chi connectivity index (χ3n) is 5.41. The lowest BCUT2D eigenvalue weighted by Gasteiger charge is -2.32. The molecule has 0 bridgehead atoms. The first-order chi connectivity index (χ1) is 14.0. The van der Waals surface area contributed by atoms with Crippen molar-refractivity contribution < 1.29 is 18.0 Å². The number of amides is 2. The van der Waals surface area contributed by atoms with Crippen molar-refractivity contribution in [3.8, 4) is 0 Å². The molecule has 1 heterocycles. The van der Waals surface area contributed by atoms with Gasteiger partial charge in [-0.15, -0.1) is 0 Å². The molecule has 1 aliphatic heterocycles. The summed E-state index contributed by atoms with van der Waals surface area (Å²) in [5, 5.41) is 5.76. The summed E-state index contributed by atoms with van der Waals surface area (Å²) >= 11 is 0. The molecule has 8 heteroatoms. The molecule has 2 amide bonds. The maximum atomic E-state index is 12.8. The second-order valence-corrected chi connectivity index (χ2v) is 10.8. The predicted octanol–water partition coefficient (Wildman–Crippen LogP) is 2.31. The highest BCUT2D eigenvalue weighted by molar-refractivity contribution is 7.89. The molecule has 0 spiro atoms. The highest BCUT2D eigenvalue weighted by atomic mass is 32.2. The molecule has 1 aliphatic rings. The first-order valence-electron chi connectivity index (χ1n) is 10.7. The van der Waals surface area contributed by atoms with E-state index in [1.165, 1.54) is 4.31 Å². The minimum atomic E-state index is -3.56. The zero-order valence-electron chi connectivity index (χ0n) is 18.6. The van der Waals surface area contributed by atoms with Gasteiger partial charge in [-0.05, 0) is 43.7 Å². The molecule has 1 aromatic rings. The lowest BCUT2D eigenvalue weighted by atomic mass is 9.95. The van der Waals surface area contributed by atoms with Gasteiger partial charge < -0.3 is 10.6 Å². The van der Waals surface area contributed by atoms with Crippen molar-refractivity contribution in [2.45, 2.75) is 58.4 Å². The summed E-state index contributed by atoms with van der Waals surface area (Å²) in [5.41, 5.74) is 1.00. The number of benzene rings is 1. The van der Waals surface area contributed by atoms with Crippen molar-refractivity contribution in [1.29, 1.82) is 0 Å². The normalized spacial score (nSPS) is 17.2. The average molecular weight is 438 g/mol. The largest absolute Gasteiger partial charge is 0.354 e. The Morgan fingerprint density at radius 3 is 2.13 bits per heavy atom. The maximum absolute atomic E-state index is 12.8. The molecule has 0 aliphatic carbocycles. The summed E-state index contributed by atoms with van der Waals surface area (Å²) in [6, 6.07) is 6.21. The fraction of sp³-hybridized carbons (Fsp3) is 0.636. The molecule has 0 radical (unpaired) electrons. The van der Waals surface area contributed by atoms with Gasteiger partial charge in [-0.25, -0.2) is 8.42 Å². The van der Waals surface area contributed by atoms with E-state index in [4.69, 9.17) is 0 Å². The molecule has 30 heavy (non-hydrogen) atoms. The van der Waals surface area contributed by atoms with E-state index in [1.54, 1.807) is 24.3 Å². The van der Waals surface area contributed by atoms with Crippen LogP contribution in [0.2, 0.25) is 0 Å². The van der Waals surface area contributed by atoms with Crippen LogP contribution < -0.4 is 10.6 Å². The van der Waals surface area contributed by atoms with Gasteiger partial charge in [-0.2, -0.15) is 4.31 Å². The van der Waals surface area contributed by atoms with Gasteiger partial charge >= 0.3 is 0 Å². The van der Waals surface area contributed by atoms with Gasteiger partial charge in [0.15, 0.2) is 0 Å². The van der Waals surface area contributed by atoms with Crippen LogP contribution in [0, 0.1) is 24.7 Å². The Kier molecular flexibility index (Phi) is 8.43. The van der Waals surface area contributed by atoms with Crippen molar-refractivity contribution in [1.82, 2.24) is 14.9 Å². The van der Waals surface area contributed by atoms with Crippen molar-refractivity contribution in [2.75, 3.05) is 19.6 Å². The number of carbonyl (C=O) groups excluding carboxylic acids is 2. The summed E-state index contributed by atoms with van der Waals surface area (Å²) in [6.45, 7) is 10.9.